The highest BCUT2D eigenvalue weighted by Gasteiger charge is 2.34. The van der Waals surface area contributed by atoms with E-state index >= 15 is 0 Å². The Morgan fingerprint density at radius 2 is 1.93 bits per heavy atom. The molecule has 1 fully saturated rings. The molecule has 1 aromatic rings. The van der Waals surface area contributed by atoms with Gasteiger partial charge in [-0.2, -0.15) is 0 Å². The summed E-state index contributed by atoms with van der Waals surface area (Å²) in [7, 11) is -1.58. The van der Waals surface area contributed by atoms with Crippen molar-refractivity contribution in [1.82, 2.24) is 4.90 Å². The molecule has 150 valence electrons. The number of hydrogen-bond acceptors (Lipinski definition) is 5. The number of methoxy groups -OCH3 is 1. The minimum absolute atomic E-state index is 0.0331. The molecule has 9 heteroatoms. The van der Waals surface area contributed by atoms with E-state index in [2.05, 4.69) is 10.6 Å². The van der Waals surface area contributed by atoms with Gasteiger partial charge in [-0.1, -0.05) is 19.9 Å². The number of carbonyl (C=O) groups is 2. The van der Waals surface area contributed by atoms with Gasteiger partial charge in [0, 0.05) is 37.0 Å². The largest absolute Gasteiger partial charge is 0.383 e. The lowest BCUT2D eigenvalue weighted by atomic mass is 10.2. The molecule has 2 rings (SSSR count). The first-order chi connectivity index (χ1) is 12.7. The van der Waals surface area contributed by atoms with Crippen molar-refractivity contribution in [1.29, 1.82) is 0 Å². The van der Waals surface area contributed by atoms with Crippen LogP contribution in [-0.2, 0) is 19.4 Å². The smallest absolute Gasteiger partial charge is 0.322 e. The summed E-state index contributed by atoms with van der Waals surface area (Å²) in [5, 5.41) is 5.56. The van der Waals surface area contributed by atoms with Gasteiger partial charge in [0.25, 0.3) is 0 Å². The van der Waals surface area contributed by atoms with Gasteiger partial charge < -0.3 is 20.3 Å². The van der Waals surface area contributed by atoms with Crippen LogP contribution in [0.25, 0.3) is 0 Å². The molecule has 3 amide bonds. The number of amides is 3. The van der Waals surface area contributed by atoms with E-state index in [1.54, 1.807) is 38.1 Å². The Balaban J connectivity index is 2.09. The number of anilines is 2. The molecule has 0 radical (unpaired) electrons. The summed E-state index contributed by atoms with van der Waals surface area (Å²) in [5.41, 5.74) is 1.10. The molecule has 1 heterocycles. The average Bonchev–Trinajstić information content (AvgIpc) is 2.95. The summed E-state index contributed by atoms with van der Waals surface area (Å²) in [5.74, 6) is -0.215. The van der Waals surface area contributed by atoms with Gasteiger partial charge in [-0.05, 0) is 24.6 Å². The van der Waals surface area contributed by atoms with Gasteiger partial charge in [-0.15, -0.1) is 0 Å². The van der Waals surface area contributed by atoms with E-state index in [9.17, 15) is 18.0 Å². The minimum Gasteiger partial charge on any atom is -0.383 e. The third kappa shape index (κ3) is 6.21. The highest BCUT2D eigenvalue weighted by atomic mass is 32.2. The van der Waals surface area contributed by atoms with Gasteiger partial charge in [0.1, 0.15) is 0 Å². The Hall–Kier alpha value is -2.13. The molecule has 8 nitrogen and oxygen atoms in total. The molecule has 0 saturated carbocycles. The van der Waals surface area contributed by atoms with Crippen LogP contribution in [0.1, 0.15) is 20.3 Å². The average molecular weight is 397 g/mol. The quantitative estimate of drug-likeness (QED) is 0.732. The minimum atomic E-state index is -3.11. The Kier molecular flexibility index (Phi) is 7.20. The number of sulfone groups is 1. The Morgan fingerprint density at radius 1 is 1.26 bits per heavy atom. The van der Waals surface area contributed by atoms with Gasteiger partial charge in [0.15, 0.2) is 9.84 Å². The highest BCUT2D eigenvalue weighted by molar-refractivity contribution is 7.91. The van der Waals surface area contributed by atoms with Crippen molar-refractivity contribution in [2.75, 3.05) is 42.4 Å². The van der Waals surface area contributed by atoms with Crippen LogP contribution in [0.5, 0.6) is 0 Å². The Morgan fingerprint density at radius 3 is 2.48 bits per heavy atom. The van der Waals surface area contributed by atoms with Crippen molar-refractivity contribution in [3.63, 3.8) is 0 Å². The Labute approximate surface area is 160 Å². The van der Waals surface area contributed by atoms with Gasteiger partial charge in [0.05, 0.1) is 18.1 Å². The van der Waals surface area contributed by atoms with E-state index in [4.69, 9.17) is 4.74 Å². The molecule has 1 unspecified atom stereocenters. The molecule has 0 bridgehead atoms. The molecule has 0 aromatic heterocycles. The lowest BCUT2D eigenvalue weighted by molar-refractivity contribution is -0.118. The van der Waals surface area contributed by atoms with Crippen molar-refractivity contribution >= 4 is 33.2 Å². The summed E-state index contributed by atoms with van der Waals surface area (Å²) in [6.07, 6.45) is 0.421. The molecular formula is C18H27N3O5S. The number of urea groups is 1. The van der Waals surface area contributed by atoms with E-state index in [-0.39, 0.29) is 35.4 Å². The molecule has 27 heavy (non-hydrogen) atoms. The molecule has 1 atom stereocenters. The molecule has 1 aliphatic rings. The zero-order chi connectivity index (χ0) is 20.0. The fourth-order valence-electron chi connectivity index (χ4n) is 2.82. The van der Waals surface area contributed by atoms with Crippen LogP contribution in [0.3, 0.4) is 0 Å². The van der Waals surface area contributed by atoms with E-state index in [0.29, 0.717) is 30.9 Å². The summed E-state index contributed by atoms with van der Waals surface area (Å²) in [4.78, 5) is 26.1. The lowest BCUT2D eigenvalue weighted by Crippen LogP contribution is -2.45. The van der Waals surface area contributed by atoms with E-state index < -0.39 is 9.84 Å². The SMILES string of the molecule is COCCN(C(=O)Nc1cccc(NC(=O)C(C)C)c1)C1CCS(=O)(=O)C1. The molecule has 1 aliphatic heterocycles. The number of hydrogen-bond donors (Lipinski definition) is 2. The fourth-order valence-corrected chi connectivity index (χ4v) is 4.55. The molecule has 1 saturated heterocycles. The van der Waals surface area contributed by atoms with Crippen LogP contribution in [0.2, 0.25) is 0 Å². The van der Waals surface area contributed by atoms with Crippen molar-refractivity contribution < 1.29 is 22.7 Å². The standard InChI is InChI=1S/C18H27N3O5S/c1-13(2)17(22)19-14-5-4-6-15(11-14)20-18(23)21(8-9-26-3)16-7-10-27(24,25)12-16/h4-6,11,13,16H,7-10,12H2,1-3H3,(H,19,22)(H,20,23). The Bertz CT molecular complexity index is 779. The zero-order valence-electron chi connectivity index (χ0n) is 15.9. The lowest BCUT2D eigenvalue weighted by Gasteiger charge is -2.28. The van der Waals surface area contributed by atoms with Crippen LogP contribution >= 0.6 is 0 Å². The second-order valence-electron chi connectivity index (χ2n) is 6.90. The number of carbonyl (C=O) groups excluding carboxylic acids is 2. The first kappa shape index (κ1) is 21.2. The van der Waals surface area contributed by atoms with E-state index in [1.165, 1.54) is 12.0 Å². The first-order valence-electron chi connectivity index (χ1n) is 8.90. The van der Waals surface area contributed by atoms with E-state index in [1.807, 2.05) is 0 Å². The van der Waals surface area contributed by atoms with Crippen LogP contribution in [-0.4, -0.2) is 63.1 Å². The number of nitrogens with zero attached hydrogens (tertiary/aromatic N) is 1. The molecular weight excluding hydrogens is 370 g/mol. The third-order valence-corrected chi connectivity index (χ3v) is 6.10. The number of benzene rings is 1. The van der Waals surface area contributed by atoms with Crippen LogP contribution in [0.15, 0.2) is 24.3 Å². The monoisotopic (exact) mass is 397 g/mol. The maximum absolute atomic E-state index is 12.7. The summed E-state index contributed by atoms with van der Waals surface area (Å²) in [6.45, 7) is 4.20. The topological polar surface area (TPSA) is 105 Å². The van der Waals surface area contributed by atoms with Crippen molar-refractivity contribution in [2.45, 2.75) is 26.3 Å². The van der Waals surface area contributed by atoms with Crippen molar-refractivity contribution in [3.05, 3.63) is 24.3 Å². The van der Waals surface area contributed by atoms with Gasteiger partial charge >= 0.3 is 6.03 Å². The number of ether oxygens (including phenoxy) is 1. The third-order valence-electron chi connectivity index (χ3n) is 4.35. The molecule has 0 aliphatic carbocycles. The van der Waals surface area contributed by atoms with E-state index in [0.717, 1.165) is 0 Å². The van der Waals surface area contributed by atoms with Gasteiger partial charge in [-0.3, -0.25) is 4.79 Å². The van der Waals surface area contributed by atoms with Gasteiger partial charge in [0.2, 0.25) is 5.91 Å². The summed E-state index contributed by atoms with van der Waals surface area (Å²) < 4.78 is 28.6. The number of rotatable bonds is 7. The molecule has 2 N–H and O–H groups in total. The van der Waals surface area contributed by atoms with Crippen LogP contribution in [0.4, 0.5) is 16.2 Å². The maximum atomic E-state index is 12.7. The summed E-state index contributed by atoms with van der Waals surface area (Å²) in [6, 6.07) is 6.09. The first-order valence-corrected chi connectivity index (χ1v) is 10.7. The second-order valence-corrected chi connectivity index (χ2v) is 9.13. The van der Waals surface area contributed by atoms with Crippen molar-refractivity contribution in [3.8, 4) is 0 Å². The molecule has 1 aromatic carbocycles. The summed E-state index contributed by atoms with van der Waals surface area (Å²) >= 11 is 0. The zero-order valence-corrected chi connectivity index (χ0v) is 16.7. The predicted molar refractivity (Wildman–Crippen MR) is 105 cm³/mol. The fraction of sp³-hybridized carbons (Fsp3) is 0.556. The second kappa shape index (κ2) is 9.18. The van der Waals surface area contributed by atoms with Crippen LogP contribution in [0, 0.1) is 5.92 Å². The molecule has 0 spiro atoms. The maximum Gasteiger partial charge on any atom is 0.322 e. The predicted octanol–water partition coefficient (Wildman–Crippen LogP) is 1.95. The highest BCUT2D eigenvalue weighted by Crippen LogP contribution is 2.20. The van der Waals surface area contributed by atoms with Crippen LogP contribution < -0.4 is 10.6 Å². The normalized spacial score (nSPS) is 18.3. The van der Waals surface area contributed by atoms with Crippen molar-refractivity contribution in [2.24, 2.45) is 5.92 Å². The van der Waals surface area contributed by atoms with Gasteiger partial charge in [-0.25, -0.2) is 13.2 Å². The number of nitrogens with one attached hydrogen (secondary N) is 2.